The van der Waals surface area contributed by atoms with Crippen molar-refractivity contribution in [1.82, 2.24) is 19.7 Å². The van der Waals surface area contributed by atoms with Crippen LogP contribution in [0, 0.1) is 5.82 Å². The SMILES string of the molecule is Fc1cccc(Cl)c1[C@H]1C=C(c2cccnc2)Nc2ncnn21. The molecule has 0 spiro atoms. The topological polar surface area (TPSA) is 55.6 Å². The normalized spacial score (nSPS) is 16.4. The minimum Gasteiger partial charge on any atom is -0.324 e. The summed E-state index contributed by atoms with van der Waals surface area (Å²) in [5.41, 5.74) is 2.02. The minimum atomic E-state index is -0.488. The monoisotopic (exact) mass is 327 g/mol. The second-order valence-electron chi connectivity index (χ2n) is 5.06. The van der Waals surface area contributed by atoms with Crippen LogP contribution in [0.5, 0.6) is 0 Å². The highest BCUT2D eigenvalue weighted by Crippen LogP contribution is 2.36. The molecule has 1 aromatic carbocycles. The van der Waals surface area contributed by atoms with Crippen LogP contribution in [0.1, 0.15) is 17.2 Å². The van der Waals surface area contributed by atoms with Gasteiger partial charge in [0.05, 0.1) is 0 Å². The highest BCUT2D eigenvalue weighted by molar-refractivity contribution is 6.31. The minimum absolute atomic E-state index is 0.347. The van der Waals surface area contributed by atoms with Crippen molar-refractivity contribution in [3.05, 3.63) is 77.1 Å². The highest BCUT2D eigenvalue weighted by Gasteiger charge is 2.27. The average Bonchev–Trinajstić information content (AvgIpc) is 3.04. The van der Waals surface area contributed by atoms with E-state index < -0.39 is 6.04 Å². The predicted molar refractivity (Wildman–Crippen MR) is 85.4 cm³/mol. The number of fused-ring (bicyclic) bond motifs is 1. The van der Waals surface area contributed by atoms with E-state index in [4.69, 9.17) is 11.6 Å². The first kappa shape index (κ1) is 13.9. The molecule has 1 N–H and O–H groups in total. The molecule has 4 rings (SSSR count). The summed E-state index contributed by atoms with van der Waals surface area (Å²) >= 11 is 6.23. The Morgan fingerprint density at radius 3 is 2.91 bits per heavy atom. The van der Waals surface area contributed by atoms with Crippen LogP contribution < -0.4 is 5.32 Å². The summed E-state index contributed by atoms with van der Waals surface area (Å²) in [5, 5.41) is 7.71. The lowest BCUT2D eigenvalue weighted by atomic mass is 10.0. The van der Waals surface area contributed by atoms with Crippen LogP contribution in [0.4, 0.5) is 10.3 Å². The highest BCUT2D eigenvalue weighted by atomic mass is 35.5. The lowest BCUT2D eigenvalue weighted by Crippen LogP contribution is -2.21. The van der Waals surface area contributed by atoms with E-state index in [1.54, 1.807) is 29.2 Å². The van der Waals surface area contributed by atoms with Crippen molar-refractivity contribution >= 4 is 23.2 Å². The summed E-state index contributed by atoms with van der Waals surface area (Å²) in [6.45, 7) is 0. The number of benzene rings is 1. The van der Waals surface area contributed by atoms with E-state index in [1.165, 1.54) is 12.4 Å². The van der Waals surface area contributed by atoms with Crippen molar-refractivity contribution in [2.45, 2.75) is 6.04 Å². The Balaban J connectivity index is 1.89. The van der Waals surface area contributed by atoms with Crippen molar-refractivity contribution in [2.75, 3.05) is 5.32 Å². The Labute approximate surface area is 136 Å². The largest absolute Gasteiger partial charge is 0.324 e. The zero-order valence-corrected chi connectivity index (χ0v) is 12.6. The summed E-state index contributed by atoms with van der Waals surface area (Å²) < 4.78 is 16.0. The summed E-state index contributed by atoms with van der Waals surface area (Å²) in [4.78, 5) is 8.29. The number of halogens is 2. The lowest BCUT2D eigenvalue weighted by molar-refractivity contribution is 0.551. The molecule has 3 aromatic rings. The van der Waals surface area contributed by atoms with Gasteiger partial charge in [0.1, 0.15) is 18.2 Å². The number of rotatable bonds is 2. The maximum absolute atomic E-state index is 14.4. The number of pyridine rings is 1. The Bertz CT molecular complexity index is 870. The van der Waals surface area contributed by atoms with E-state index in [0.29, 0.717) is 16.5 Å². The van der Waals surface area contributed by atoms with E-state index in [0.717, 1.165) is 11.3 Å². The van der Waals surface area contributed by atoms with Crippen molar-refractivity contribution in [3.8, 4) is 0 Å². The predicted octanol–water partition coefficient (Wildman–Crippen LogP) is 3.52. The van der Waals surface area contributed by atoms with Gasteiger partial charge < -0.3 is 5.32 Å². The molecule has 0 amide bonds. The molecule has 0 aliphatic carbocycles. The van der Waals surface area contributed by atoms with Crippen molar-refractivity contribution in [3.63, 3.8) is 0 Å². The van der Waals surface area contributed by atoms with Crippen LogP contribution in [-0.2, 0) is 0 Å². The number of hydrogen-bond donors (Lipinski definition) is 1. The van der Waals surface area contributed by atoms with Crippen LogP contribution >= 0.6 is 11.6 Å². The number of aromatic nitrogens is 4. The maximum Gasteiger partial charge on any atom is 0.226 e. The quantitative estimate of drug-likeness (QED) is 0.782. The zero-order valence-electron chi connectivity index (χ0n) is 11.8. The van der Waals surface area contributed by atoms with E-state index in [-0.39, 0.29) is 5.82 Å². The molecule has 0 fully saturated rings. The van der Waals surface area contributed by atoms with Gasteiger partial charge in [-0.3, -0.25) is 4.98 Å². The standard InChI is InChI=1S/C16H11ClFN5/c17-11-4-1-5-12(18)15(11)14-7-13(10-3-2-6-19-8-10)22-16-20-9-21-23(14)16/h1-9,14H,(H,20,21,22)/t14-/m1/s1. The number of anilines is 1. The van der Waals surface area contributed by atoms with Crippen LogP contribution in [0.3, 0.4) is 0 Å². The molecule has 0 bridgehead atoms. The Hall–Kier alpha value is -2.73. The first-order valence-corrected chi connectivity index (χ1v) is 7.34. The molecule has 0 radical (unpaired) electrons. The van der Waals surface area contributed by atoms with Gasteiger partial charge in [0.25, 0.3) is 0 Å². The summed E-state index contributed by atoms with van der Waals surface area (Å²) in [7, 11) is 0. The van der Waals surface area contributed by atoms with Gasteiger partial charge in [-0.15, -0.1) is 0 Å². The van der Waals surface area contributed by atoms with Crippen LogP contribution in [0.2, 0.25) is 5.02 Å². The fraction of sp³-hybridized carbons (Fsp3) is 0.0625. The van der Waals surface area contributed by atoms with Gasteiger partial charge in [-0.05, 0) is 30.3 Å². The fourth-order valence-corrected chi connectivity index (χ4v) is 2.90. The molecule has 1 aliphatic rings. The van der Waals surface area contributed by atoms with Crippen LogP contribution in [0.25, 0.3) is 5.70 Å². The second-order valence-corrected chi connectivity index (χ2v) is 5.46. The van der Waals surface area contributed by atoms with Gasteiger partial charge in [0.15, 0.2) is 0 Å². The van der Waals surface area contributed by atoms with Crippen molar-refractivity contribution in [1.29, 1.82) is 0 Å². The summed E-state index contributed by atoms with van der Waals surface area (Å²) in [6.07, 6.45) is 6.71. The molecule has 0 saturated heterocycles. The number of nitrogens with zero attached hydrogens (tertiary/aromatic N) is 4. The number of allylic oxidation sites excluding steroid dienone is 1. The molecule has 5 nitrogen and oxygen atoms in total. The first-order valence-electron chi connectivity index (χ1n) is 6.96. The molecule has 0 saturated carbocycles. The molecule has 114 valence electrons. The second kappa shape index (κ2) is 5.48. The maximum atomic E-state index is 14.4. The number of nitrogens with one attached hydrogen (secondary N) is 1. The van der Waals surface area contributed by atoms with Crippen LogP contribution in [0.15, 0.2) is 55.1 Å². The van der Waals surface area contributed by atoms with Gasteiger partial charge >= 0.3 is 0 Å². The average molecular weight is 328 g/mol. The van der Waals surface area contributed by atoms with Crippen molar-refractivity contribution < 1.29 is 4.39 Å². The third kappa shape index (κ3) is 2.37. The molecule has 23 heavy (non-hydrogen) atoms. The molecular weight excluding hydrogens is 317 g/mol. The van der Waals surface area contributed by atoms with Gasteiger partial charge in [-0.1, -0.05) is 17.7 Å². The molecule has 1 atom stereocenters. The Morgan fingerprint density at radius 2 is 2.13 bits per heavy atom. The third-order valence-corrected chi connectivity index (χ3v) is 4.01. The Morgan fingerprint density at radius 1 is 1.22 bits per heavy atom. The van der Waals surface area contributed by atoms with Crippen LogP contribution in [-0.4, -0.2) is 19.7 Å². The van der Waals surface area contributed by atoms with Gasteiger partial charge in [-0.2, -0.15) is 10.1 Å². The van der Waals surface area contributed by atoms with E-state index in [9.17, 15) is 4.39 Å². The zero-order chi connectivity index (χ0) is 15.8. The van der Waals surface area contributed by atoms with E-state index in [1.807, 2.05) is 18.2 Å². The molecule has 1 aliphatic heterocycles. The summed E-state index contributed by atoms with van der Waals surface area (Å²) in [6, 6.07) is 7.89. The van der Waals surface area contributed by atoms with Crippen molar-refractivity contribution in [2.24, 2.45) is 0 Å². The van der Waals surface area contributed by atoms with Gasteiger partial charge in [-0.25, -0.2) is 9.07 Å². The van der Waals surface area contributed by atoms with Gasteiger partial charge in [0, 0.05) is 34.2 Å². The molecule has 7 heteroatoms. The molecular formula is C16H11ClFN5. The lowest BCUT2D eigenvalue weighted by Gasteiger charge is -2.25. The molecule has 3 heterocycles. The third-order valence-electron chi connectivity index (χ3n) is 3.68. The number of hydrogen-bond acceptors (Lipinski definition) is 4. The molecule has 2 aromatic heterocycles. The van der Waals surface area contributed by atoms with Gasteiger partial charge in [0.2, 0.25) is 5.95 Å². The Kier molecular flexibility index (Phi) is 3.31. The smallest absolute Gasteiger partial charge is 0.226 e. The molecule has 0 unspecified atom stereocenters. The summed E-state index contributed by atoms with van der Waals surface area (Å²) in [5.74, 6) is 0.142. The van der Waals surface area contributed by atoms with E-state index in [2.05, 4.69) is 20.4 Å². The van der Waals surface area contributed by atoms with E-state index >= 15 is 0 Å². The first-order chi connectivity index (χ1) is 11.2. The fourth-order valence-electron chi connectivity index (χ4n) is 2.62.